The number of hydrogen-bond acceptors (Lipinski definition) is 2. The summed E-state index contributed by atoms with van der Waals surface area (Å²) in [5, 5.41) is 3.97. The normalized spacial score (nSPS) is 10.3. The second-order valence-electron chi connectivity index (χ2n) is 4.13. The largest absolute Gasteiger partial charge is 0.352 e. The van der Waals surface area contributed by atoms with E-state index in [1.165, 1.54) is 0 Å². The van der Waals surface area contributed by atoms with Crippen LogP contribution in [0.5, 0.6) is 0 Å². The average Bonchev–Trinajstić information content (AvgIpc) is 2.67. The second-order valence-corrected chi connectivity index (χ2v) is 4.57. The Morgan fingerprint density at radius 1 is 1.50 bits per heavy atom. The molecular weight excluding hydrogens is 246 g/mol. The van der Waals surface area contributed by atoms with Gasteiger partial charge in [0.2, 0.25) is 5.95 Å². The van der Waals surface area contributed by atoms with Crippen molar-refractivity contribution >= 4 is 17.5 Å². The minimum atomic E-state index is 0.700. The molecule has 0 spiro atoms. The number of benzene rings is 1. The van der Waals surface area contributed by atoms with Crippen molar-refractivity contribution in [3.05, 3.63) is 59.4 Å². The number of rotatable bonds is 5. The highest BCUT2D eigenvalue weighted by molar-refractivity contribution is 6.30. The van der Waals surface area contributed by atoms with Crippen molar-refractivity contribution in [1.82, 2.24) is 9.55 Å². The Morgan fingerprint density at radius 3 is 3.06 bits per heavy atom. The number of halogens is 1. The molecule has 94 valence electrons. The van der Waals surface area contributed by atoms with Gasteiger partial charge in [0.25, 0.3) is 0 Å². The van der Waals surface area contributed by atoms with Gasteiger partial charge in [-0.05, 0) is 24.6 Å². The average molecular weight is 262 g/mol. The van der Waals surface area contributed by atoms with Crippen molar-refractivity contribution in [2.75, 3.05) is 11.9 Å². The van der Waals surface area contributed by atoms with E-state index in [4.69, 9.17) is 11.6 Å². The summed E-state index contributed by atoms with van der Waals surface area (Å²) in [5.74, 6) is 0.854. The third-order valence-electron chi connectivity index (χ3n) is 2.54. The molecule has 0 amide bonds. The Labute approximate surface area is 112 Å². The van der Waals surface area contributed by atoms with E-state index in [0.29, 0.717) is 6.54 Å². The van der Waals surface area contributed by atoms with Crippen LogP contribution in [0.1, 0.15) is 11.3 Å². The van der Waals surface area contributed by atoms with Gasteiger partial charge >= 0.3 is 0 Å². The van der Waals surface area contributed by atoms with Gasteiger partial charge in [0.1, 0.15) is 0 Å². The zero-order valence-electron chi connectivity index (χ0n) is 10.4. The molecule has 2 aromatic rings. The smallest absolute Gasteiger partial charge is 0.203 e. The zero-order valence-corrected chi connectivity index (χ0v) is 11.1. The number of imidazole rings is 1. The van der Waals surface area contributed by atoms with Gasteiger partial charge in [-0.1, -0.05) is 29.8 Å². The van der Waals surface area contributed by atoms with Gasteiger partial charge in [0.05, 0.1) is 12.2 Å². The number of hydrogen-bond donors (Lipinski definition) is 1. The predicted molar refractivity (Wildman–Crippen MR) is 76.2 cm³/mol. The van der Waals surface area contributed by atoms with Gasteiger partial charge in [-0.2, -0.15) is 0 Å². The predicted octanol–water partition coefficient (Wildman–Crippen LogP) is 3.49. The van der Waals surface area contributed by atoms with E-state index in [9.17, 15) is 0 Å². The molecular formula is C14H16ClN3. The van der Waals surface area contributed by atoms with E-state index < -0.39 is 0 Å². The van der Waals surface area contributed by atoms with Crippen molar-refractivity contribution in [3.8, 4) is 0 Å². The molecule has 1 aromatic carbocycles. The highest BCUT2D eigenvalue weighted by Crippen LogP contribution is 2.15. The van der Waals surface area contributed by atoms with Gasteiger partial charge in [0, 0.05) is 17.8 Å². The molecule has 3 nitrogen and oxygen atoms in total. The van der Waals surface area contributed by atoms with Gasteiger partial charge in [-0.15, -0.1) is 6.58 Å². The summed E-state index contributed by atoms with van der Waals surface area (Å²) in [6.45, 7) is 7.12. The van der Waals surface area contributed by atoms with Gasteiger partial charge in [-0.25, -0.2) is 4.98 Å². The number of nitrogens with zero attached hydrogens (tertiary/aromatic N) is 2. The SMILES string of the molecule is C=CCNc1nc(C)cn1Cc1cccc(Cl)c1. The minimum Gasteiger partial charge on any atom is -0.352 e. The maximum Gasteiger partial charge on any atom is 0.203 e. The lowest BCUT2D eigenvalue weighted by molar-refractivity contribution is 0.802. The van der Waals surface area contributed by atoms with E-state index in [1.54, 1.807) is 0 Å². The quantitative estimate of drug-likeness (QED) is 0.835. The molecule has 0 fully saturated rings. The fraction of sp³-hybridized carbons (Fsp3) is 0.214. The first-order chi connectivity index (χ1) is 8.69. The molecule has 18 heavy (non-hydrogen) atoms. The highest BCUT2D eigenvalue weighted by Gasteiger charge is 2.05. The van der Waals surface area contributed by atoms with Crippen LogP contribution in [0, 0.1) is 6.92 Å². The molecule has 0 aliphatic heterocycles. The molecule has 0 aliphatic carbocycles. The summed E-state index contributed by atoms with van der Waals surface area (Å²) < 4.78 is 2.07. The first-order valence-corrected chi connectivity index (χ1v) is 6.20. The Morgan fingerprint density at radius 2 is 2.33 bits per heavy atom. The first-order valence-electron chi connectivity index (χ1n) is 5.82. The molecule has 0 atom stereocenters. The van der Waals surface area contributed by atoms with Crippen LogP contribution in [0.2, 0.25) is 5.02 Å². The van der Waals surface area contributed by atoms with Crippen LogP contribution in [0.4, 0.5) is 5.95 Å². The molecule has 2 rings (SSSR count). The zero-order chi connectivity index (χ0) is 13.0. The van der Waals surface area contributed by atoms with Crippen molar-refractivity contribution < 1.29 is 0 Å². The molecule has 0 unspecified atom stereocenters. The summed E-state index contributed by atoms with van der Waals surface area (Å²) in [6, 6.07) is 7.85. The maximum atomic E-state index is 5.99. The van der Waals surface area contributed by atoms with Crippen LogP contribution in [-0.4, -0.2) is 16.1 Å². The third kappa shape index (κ3) is 3.14. The summed E-state index contributed by atoms with van der Waals surface area (Å²) in [6.07, 6.45) is 3.83. The van der Waals surface area contributed by atoms with Crippen molar-refractivity contribution in [3.63, 3.8) is 0 Å². The molecule has 0 bridgehead atoms. The van der Waals surface area contributed by atoms with E-state index in [2.05, 4.69) is 27.5 Å². The first kappa shape index (κ1) is 12.7. The van der Waals surface area contributed by atoms with Crippen LogP contribution in [0.15, 0.2) is 43.1 Å². The molecule has 0 saturated heterocycles. The van der Waals surface area contributed by atoms with E-state index in [-0.39, 0.29) is 0 Å². The monoisotopic (exact) mass is 261 g/mol. The molecule has 1 aromatic heterocycles. The van der Waals surface area contributed by atoms with E-state index >= 15 is 0 Å². The Kier molecular flexibility index (Phi) is 4.05. The van der Waals surface area contributed by atoms with Gasteiger partial charge < -0.3 is 9.88 Å². The summed E-state index contributed by atoms with van der Waals surface area (Å²) >= 11 is 5.99. The molecule has 0 radical (unpaired) electrons. The Bertz CT molecular complexity index is 546. The molecule has 1 N–H and O–H groups in total. The minimum absolute atomic E-state index is 0.700. The standard InChI is InChI=1S/C14H16ClN3/c1-3-7-16-14-17-11(2)9-18(14)10-12-5-4-6-13(15)8-12/h3-6,8-9H,1,7,10H2,2H3,(H,16,17). The number of aromatic nitrogens is 2. The lowest BCUT2D eigenvalue weighted by Crippen LogP contribution is -2.07. The fourth-order valence-corrected chi connectivity index (χ4v) is 2.02. The van der Waals surface area contributed by atoms with Gasteiger partial charge in [-0.3, -0.25) is 0 Å². The maximum absolute atomic E-state index is 5.99. The summed E-state index contributed by atoms with van der Waals surface area (Å²) in [5.41, 5.74) is 2.14. The van der Waals surface area contributed by atoms with Crippen LogP contribution >= 0.6 is 11.6 Å². The Hall–Kier alpha value is -1.74. The lowest BCUT2D eigenvalue weighted by Gasteiger charge is -2.08. The van der Waals surface area contributed by atoms with Crippen molar-refractivity contribution in [2.45, 2.75) is 13.5 Å². The molecule has 0 aliphatic rings. The second kappa shape index (κ2) is 5.74. The van der Waals surface area contributed by atoms with E-state index in [0.717, 1.165) is 28.8 Å². The number of nitrogens with one attached hydrogen (secondary N) is 1. The highest BCUT2D eigenvalue weighted by atomic mass is 35.5. The molecule has 1 heterocycles. The Balaban J connectivity index is 2.20. The molecule has 4 heteroatoms. The van der Waals surface area contributed by atoms with Crippen LogP contribution in [0.3, 0.4) is 0 Å². The fourth-order valence-electron chi connectivity index (χ4n) is 1.80. The van der Waals surface area contributed by atoms with Crippen molar-refractivity contribution in [2.24, 2.45) is 0 Å². The van der Waals surface area contributed by atoms with Crippen LogP contribution < -0.4 is 5.32 Å². The lowest BCUT2D eigenvalue weighted by atomic mass is 10.2. The summed E-state index contributed by atoms with van der Waals surface area (Å²) in [7, 11) is 0. The van der Waals surface area contributed by atoms with Gasteiger partial charge in [0.15, 0.2) is 0 Å². The van der Waals surface area contributed by atoms with Crippen LogP contribution in [0.25, 0.3) is 0 Å². The molecule has 0 saturated carbocycles. The topological polar surface area (TPSA) is 29.9 Å². The number of anilines is 1. The van der Waals surface area contributed by atoms with Crippen molar-refractivity contribution in [1.29, 1.82) is 0 Å². The summed E-state index contributed by atoms with van der Waals surface area (Å²) in [4.78, 5) is 4.44. The third-order valence-corrected chi connectivity index (χ3v) is 2.78. The number of aryl methyl sites for hydroxylation is 1. The van der Waals surface area contributed by atoms with E-state index in [1.807, 2.05) is 37.4 Å². The van der Waals surface area contributed by atoms with Crippen LogP contribution in [-0.2, 0) is 6.54 Å².